The number of β-amino-alcohol motifs (C(OH)–C–C–N with tert-alkyl or cyclic N) is 1. The number of carbonyl (C=O) groups excluding carboxylic acids is 1. The van der Waals surface area contributed by atoms with E-state index in [1.165, 1.54) is 29.2 Å². The molecule has 0 aliphatic carbocycles. The summed E-state index contributed by atoms with van der Waals surface area (Å²) in [4.78, 5) is 23.2. The molecule has 4 aromatic rings. The number of anilines is 1. The second-order valence-electron chi connectivity index (χ2n) is 8.36. The lowest BCUT2D eigenvalue weighted by Crippen LogP contribution is -2.34. The van der Waals surface area contributed by atoms with E-state index in [4.69, 9.17) is 10.5 Å². The Morgan fingerprint density at radius 2 is 2.00 bits per heavy atom. The molecule has 0 fully saturated rings. The molecule has 3 heterocycles. The van der Waals surface area contributed by atoms with Gasteiger partial charge in [-0.05, 0) is 42.5 Å². The summed E-state index contributed by atoms with van der Waals surface area (Å²) in [5.74, 6) is 0.867. The van der Waals surface area contributed by atoms with Gasteiger partial charge in [0, 0.05) is 36.9 Å². The molecule has 1 aliphatic rings. The summed E-state index contributed by atoms with van der Waals surface area (Å²) < 4.78 is 46.2. The second kappa shape index (κ2) is 9.22. The lowest BCUT2D eigenvalue weighted by atomic mass is 10.2. The number of ether oxygens (including phenoxy) is 1. The molecular weight excluding hydrogens is 477 g/mol. The van der Waals surface area contributed by atoms with Crippen molar-refractivity contribution in [3.63, 3.8) is 0 Å². The highest BCUT2D eigenvalue weighted by Crippen LogP contribution is 2.33. The minimum absolute atomic E-state index is 0.0328. The van der Waals surface area contributed by atoms with Crippen LogP contribution < -0.4 is 15.8 Å². The fourth-order valence-electron chi connectivity index (χ4n) is 4.13. The van der Waals surface area contributed by atoms with Crippen LogP contribution in [0.2, 0.25) is 0 Å². The number of nitrogens with two attached hydrogens (primary N) is 1. The van der Waals surface area contributed by atoms with Crippen molar-refractivity contribution in [1.82, 2.24) is 19.4 Å². The molecule has 2 aromatic heterocycles. The summed E-state index contributed by atoms with van der Waals surface area (Å²) in [5.41, 5.74) is 6.80. The summed E-state index contributed by atoms with van der Waals surface area (Å²) in [7, 11) is 0. The van der Waals surface area contributed by atoms with Crippen molar-refractivity contribution in [3.05, 3.63) is 77.9 Å². The fourth-order valence-corrected chi connectivity index (χ4v) is 4.13. The third kappa shape index (κ3) is 4.87. The van der Waals surface area contributed by atoms with Crippen LogP contribution in [0.25, 0.3) is 10.9 Å². The number of aromatic nitrogens is 3. The molecule has 5 rings (SSSR count). The zero-order valence-corrected chi connectivity index (χ0v) is 18.7. The first-order valence-corrected chi connectivity index (χ1v) is 10.9. The zero-order chi connectivity index (χ0) is 25.4. The number of fused-ring (bicyclic) bond motifs is 2. The number of nitrogens with one attached hydrogen (secondary N) is 1. The lowest BCUT2D eigenvalue weighted by Gasteiger charge is -2.15. The number of aliphatic hydroxyl groups is 1. The quantitative estimate of drug-likeness (QED) is 0.357. The van der Waals surface area contributed by atoms with E-state index in [2.05, 4.69) is 15.3 Å². The highest BCUT2D eigenvalue weighted by atomic mass is 19.4. The Morgan fingerprint density at radius 1 is 1.17 bits per heavy atom. The van der Waals surface area contributed by atoms with Crippen molar-refractivity contribution < 1.29 is 27.8 Å². The SMILES string of the molecule is NC(O)CN1Cc2ncnc(Oc3ccc4c(ccn4C(=O)Nc4cccc(C(F)(F)F)c4)c3)c2C1. The number of halogens is 3. The Bertz CT molecular complexity index is 1440. The minimum atomic E-state index is -4.51. The number of aliphatic hydroxyl groups excluding tert-OH is 1. The van der Waals surface area contributed by atoms with Gasteiger partial charge in [-0.15, -0.1) is 0 Å². The molecule has 36 heavy (non-hydrogen) atoms. The van der Waals surface area contributed by atoms with Gasteiger partial charge in [-0.25, -0.2) is 14.8 Å². The average Bonchev–Trinajstić information content (AvgIpc) is 3.42. The van der Waals surface area contributed by atoms with E-state index in [0.717, 1.165) is 23.4 Å². The molecule has 0 saturated carbocycles. The van der Waals surface area contributed by atoms with Crippen LogP contribution in [0.15, 0.2) is 61.1 Å². The molecule has 4 N–H and O–H groups in total. The molecule has 1 amide bonds. The maximum atomic E-state index is 13.0. The van der Waals surface area contributed by atoms with Crippen molar-refractivity contribution in [2.24, 2.45) is 5.73 Å². The third-order valence-corrected chi connectivity index (χ3v) is 5.73. The van der Waals surface area contributed by atoms with E-state index in [-0.39, 0.29) is 12.2 Å². The highest BCUT2D eigenvalue weighted by molar-refractivity contribution is 5.98. The first kappa shape index (κ1) is 23.7. The van der Waals surface area contributed by atoms with E-state index in [1.807, 2.05) is 4.90 Å². The molecule has 0 bridgehead atoms. The van der Waals surface area contributed by atoms with Crippen LogP contribution in [-0.2, 0) is 19.3 Å². The van der Waals surface area contributed by atoms with Crippen molar-refractivity contribution in [2.45, 2.75) is 25.5 Å². The number of rotatable bonds is 5. The van der Waals surface area contributed by atoms with Crippen molar-refractivity contribution >= 4 is 22.6 Å². The summed E-state index contributed by atoms with van der Waals surface area (Å²) in [6, 6.07) is 10.6. The van der Waals surface area contributed by atoms with Crippen molar-refractivity contribution in [3.8, 4) is 11.6 Å². The number of hydrogen-bond acceptors (Lipinski definition) is 7. The van der Waals surface area contributed by atoms with Crippen LogP contribution in [0, 0.1) is 0 Å². The van der Waals surface area contributed by atoms with Gasteiger partial charge < -0.3 is 20.9 Å². The molecule has 186 valence electrons. The van der Waals surface area contributed by atoms with E-state index < -0.39 is 24.0 Å². The Kier molecular flexibility index (Phi) is 6.08. The molecule has 1 unspecified atom stereocenters. The van der Waals surface area contributed by atoms with Gasteiger partial charge in [-0.2, -0.15) is 13.2 Å². The third-order valence-electron chi connectivity index (χ3n) is 5.73. The molecule has 9 nitrogen and oxygen atoms in total. The lowest BCUT2D eigenvalue weighted by molar-refractivity contribution is -0.137. The van der Waals surface area contributed by atoms with Crippen LogP contribution in [0.4, 0.5) is 23.7 Å². The van der Waals surface area contributed by atoms with Gasteiger partial charge in [0.15, 0.2) is 0 Å². The van der Waals surface area contributed by atoms with Crippen molar-refractivity contribution in [1.29, 1.82) is 0 Å². The number of benzene rings is 2. The topological polar surface area (TPSA) is 119 Å². The van der Waals surface area contributed by atoms with Gasteiger partial charge in [0.05, 0.1) is 22.3 Å². The molecular formula is C24H21F3N6O3. The highest BCUT2D eigenvalue weighted by Gasteiger charge is 2.30. The Labute approximate surface area is 202 Å². The van der Waals surface area contributed by atoms with Gasteiger partial charge in [0.25, 0.3) is 0 Å². The predicted octanol–water partition coefficient (Wildman–Crippen LogP) is 3.92. The number of hydrogen-bond donors (Lipinski definition) is 3. The molecule has 2 aromatic carbocycles. The van der Waals surface area contributed by atoms with E-state index >= 15 is 0 Å². The van der Waals surface area contributed by atoms with E-state index in [0.29, 0.717) is 35.6 Å². The Hall–Kier alpha value is -4.00. The number of amides is 1. The zero-order valence-electron chi connectivity index (χ0n) is 18.7. The molecule has 0 radical (unpaired) electrons. The normalized spacial score (nSPS) is 14.6. The van der Waals surface area contributed by atoms with Gasteiger partial charge in [-0.1, -0.05) is 6.07 Å². The second-order valence-corrected chi connectivity index (χ2v) is 8.36. The Morgan fingerprint density at radius 3 is 2.78 bits per heavy atom. The standard InChI is InChI=1S/C24H21F3N6O3/c25-24(26,27)15-2-1-3-16(9-15)31-23(35)33-7-6-14-8-17(4-5-20(14)33)36-22-18-10-32(12-21(28)34)11-19(18)29-13-30-22/h1-9,13,21,34H,10-12,28H2,(H,31,35). The fraction of sp³-hybridized carbons (Fsp3) is 0.208. The van der Waals surface area contributed by atoms with Crippen LogP contribution in [0.5, 0.6) is 11.6 Å². The summed E-state index contributed by atoms with van der Waals surface area (Å²) in [6.07, 6.45) is -2.54. The van der Waals surface area contributed by atoms with Crippen molar-refractivity contribution in [2.75, 3.05) is 11.9 Å². The van der Waals surface area contributed by atoms with E-state index in [1.54, 1.807) is 24.3 Å². The summed E-state index contributed by atoms with van der Waals surface area (Å²) in [6.45, 7) is 1.29. The molecule has 0 saturated heterocycles. The largest absolute Gasteiger partial charge is 0.439 e. The van der Waals surface area contributed by atoms with Gasteiger partial charge >= 0.3 is 12.2 Å². The summed E-state index contributed by atoms with van der Waals surface area (Å²) in [5, 5.41) is 12.6. The van der Waals surface area contributed by atoms with Gasteiger partial charge in [0.2, 0.25) is 5.88 Å². The monoisotopic (exact) mass is 498 g/mol. The van der Waals surface area contributed by atoms with Gasteiger partial charge in [-0.3, -0.25) is 9.47 Å². The molecule has 1 aliphatic heterocycles. The number of alkyl halides is 3. The summed E-state index contributed by atoms with van der Waals surface area (Å²) >= 11 is 0. The average molecular weight is 498 g/mol. The maximum absolute atomic E-state index is 13.0. The smallest absolute Gasteiger partial charge is 0.416 e. The van der Waals surface area contributed by atoms with Crippen LogP contribution in [0.1, 0.15) is 16.8 Å². The molecule has 1 atom stereocenters. The predicted molar refractivity (Wildman–Crippen MR) is 124 cm³/mol. The number of carbonyl (C=O) groups is 1. The number of nitrogens with zero attached hydrogens (tertiary/aromatic N) is 4. The first-order valence-electron chi connectivity index (χ1n) is 10.9. The molecule has 12 heteroatoms. The first-order chi connectivity index (χ1) is 17.2. The van der Waals surface area contributed by atoms with Crippen LogP contribution >= 0.6 is 0 Å². The Balaban J connectivity index is 1.34. The van der Waals surface area contributed by atoms with Gasteiger partial charge in [0.1, 0.15) is 18.3 Å². The van der Waals surface area contributed by atoms with E-state index in [9.17, 15) is 23.1 Å². The molecule has 0 spiro atoms. The minimum Gasteiger partial charge on any atom is -0.439 e. The van der Waals surface area contributed by atoms with Crippen LogP contribution in [0.3, 0.4) is 0 Å². The maximum Gasteiger partial charge on any atom is 0.416 e. The van der Waals surface area contributed by atoms with Crippen LogP contribution in [-0.4, -0.2) is 43.3 Å².